The molecule has 0 atom stereocenters. The molecule has 1 aromatic carbocycles. The van der Waals surface area contributed by atoms with Crippen LogP contribution in [-0.2, 0) is 0 Å². The van der Waals surface area contributed by atoms with E-state index in [0.717, 1.165) is 5.56 Å². The highest BCUT2D eigenvalue weighted by Crippen LogP contribution is 2.24. The van der Waals surface area contributed by atoms with E-state index in [2.05, 4.69) is 5.32 Å². The van der Waals surface area contributed by atoms with Gasteiger partial charge in [0.05, 0.1) is 23.9 Å². The summed E-state index contributed by atoms with van der Waals surface area (Å²) < 4.78 is 5.04. The molecular formula is C14H13NO4S. The fraction of sp³-hybridized carbons (Fsp3) is 0.143. The number of thiophene rings is 1. The quantitative estimate of drug-likeness (QED) is 0.908. The van der Waals surface area contributed by atoms with Gasteiger partial charge in [-0.3, -0.25) is 4.79 Å². The minimum atomic E-state index is -1.11. The molecule has 5 nitrogen and oxygen atoms in total. The van der Waals surface area contributed by atoms with Crippen molar-refractivity contribution < 1.29 is 19.4 Å². The molecule has 0 radical (unpaired) electrons. The number of methoxy groups -OCH3 is 1. The lowest BCUT2D eigenvalue weighted by molar-refractivity contribution is 0.0698. The van der Waals surface area contributed by atoms with Gasteiger partial charge in [-0.05, 0) is 30.0 Å². The summed E-state index contributed by atoms with van der Waals surface area (Å²) in [5.41, 5.74) is 1.63. The van der Waals surface area contributed by atoms with Crippen LogP contribution in [0.4, 0.5) is 5.69 Å². The molecule has 0 aliphatic heterocycles. The lowest BCUT2D eigenvalue weighted by Crippen LogP contribution is -2.15. The standard InChI is InChI=1S/C14H13NO4S/c1-8-6-20-7-11(8)13(16)15-12-5-9(19-2)3-4-10(12)14(17)18/h3-7H,1-2H3,(H,15,16)(H,17,18). The fourth-order valence-electron chi connectivity index (χ4n) is 1.72. The summed E-state index contributed by atoms with van der Waals surface area (Å²) in [6.07, 6.45) is 0. The number of anilines is 1. The van der Waals surface area contributed by atoms with Crippen molar-refractivity contribution in [2.75, 3.05) is 12.4 Å². The summed E-state index contributed by atoms with van der Waals surface area (Å²) in [6, 6.07) is 4.43. The molecule has 0 bridgehead atoms. The molecule has 2 N–H and O–H groups in total. The molecule has 0 aliphatic rings. The first kappa shape index (κ1) is 14.1. The summed E-state index contributed by atoms with van der Waals surface area (Å²) in [5, 5.41) is 15.3. The normalized spacial score (nSPS) is 10.1. The maximum Gasteiger partial charge on any atom is 0.337 e. The summed E-state index contributed by atoms with van der Waals surface area (Å²) in [5.74, 6) is -0.961. The molecule has 0 unspecified atom stereocenters. The highest BCUT2D eigenvalue weighted by atomic mass is 32.1. The average Bonchev–Trinajstić information content (AvgIpc) is 2.84. The van der Waals surface area contributed by atoms with Gasteiger partial charge in [0.2, 0.25) is 0 Å². The van der Waals surface area contributed by atoms with Crippen molar-refractivity contribution in [1.82, 2.24) is 0 Å². The highest BCUT2D eigenvalue weighted by molar-refractivity contribution is 7.08. The molecule has 0 spiro atoms. The Morgan fingerprint density at radius 2 is 2.00 bits per heavy atom. The predicted octanol–water partition coefficient (Wildman–Crippen LogP) is 3.02. The van der Waals surface area contributed by atoms with Crippen LogP contribution in [-0.4, -0.2) is 24.1 Å². The van der Waals surface area contributed by atoms with Crippen molar-refractivity contribution in [3.8, 4) is 5.75 Å². The van der Waals surface area contributed by atoms with E-state index in [1.54, 1.807) is 5.38 Å². The summed E-state index contributed by atoms with van der Waals surface area (Å²) >= 11 is 1.42. The van der Waals surface area contributed by atoms with Crippen LogP contribution in [0.25, 0.3) is 0 Å². The van der Waals surface area contributed by atoms with Crippen molar-refractivity contribution >= 4 is 28.9 Å². The number of rotatable bonds is 4. The van der Waals surface area contributed by atoms with E-state index in [4.69, 9.17) is 9.84 Å². The smallest absolute Gasteiger partial charge is 0.337 e. The summed E-state index contributed by atoms with van der Waals surface area (Å²) in [4.78, 5) is 23.3. The SMILES string of the molecule is COc1ccc(C(=O)O)c(NC(=O)c2cscc2C)c1. The van der Waals surface area contributed by atoms with Crippen LogP contribution in [0.1, 0.15) is 26.3 Å². The Bertz CT molecular complexity index is 663. The maximum absolute atomic E-state index is 12.1. The minimum Gasteiger partial charge on any atom is -0.497 e. The van der Waals surface area contributed by atoms with E-state index in [-0.39, 0.29) is 17.2 Å². The number of amides is 1. The zero-order valence-corrected chi connectivity index (χ0v) is 11.8. The molecule has 1 aromatic heterocycles. The lowest BCUT2D eigenvalue weighted by Gasteiger charge is -2.10. The Morgan fingerprint density at radius 3 is 2.55 bits per heavy atom. The molecule has 104 valence electrons. The minimum absolute atomic E-state index is 0.0204. The zero-order valence-electron chi connectivity index (χ0n) is 11.0. The molecule has 2 aromatic rings. The first-order chi connectivity index (χ1) is 9.52. The van der Waals surface area contributed by atoms with Gasteiger partial charge in [0.25, 0.3) is 5.91 Å². The predicted molar refractivity (Wildman–Crippen MR) is 77.0 cm³/mol. The van der Waals surface area contributed by atoms with Crippen molar-refractivity contribution in [3.63, 3.8) is 0 Å². The number of benzene rings is 1. The van der Waals surface area contributed by atoms with E-state index < -0.39 is 5.97 Å². The van der Waals surface area contributed by atoms with E-state index in [0.29, 0.717) is 11.3 Å². The third-order valence-corrected chi connectivity index (χ3v) is 3.67. The van der Waals surface area contributed by atoms with Gasteiger partial charge in [-0.2, -0.15) is 11.3 Å². The molecule has 1 heterocycles. The molecular weight excluding hydrogens is 278 g/mol. The van der Waals surface area contributed by atoms with Crippen molar-refractivity contribution in [3.05, 3.63) is 45.6 Å². The summed E-state index contributed by atoms with van der Waals surface area (Å²) in [6.45, 7) is 1.83. The zero-order chi connectivity index (χ0) is 14.7. The number of carbonyl (C=O) groups excluding carboxylic acids is 1. The van der Waals surface area contributed by atoms with Gasteiger partial charge < -0.3 is 15.2 Å². The second-order valence-electron chi connectivity index (χ2n) is 4.14. The fourth-order valence-corrected chi connectivity index (χ4v) is 2.55. The number of aryl methyl sites for hydroxylation is 1. The van der Waals surface area contributed by atoms with Crippen molar-refractivity contribution in [2.24, 2.45) is 0 Å². The van der Waals surface area contributed by atoms with Crippen LogP contribution in [0.2, 0.25) is 0 Å². The molecule has 0 saturated heterocycles. The number of nitrogens with one attached hydrogen (secondary N) is 1. The Hall–Kier alpha value is -2.34. The number of carbonyl (C=O) groups is 2. The summed E-state index contributed by atoms with van der Waals surface area (Å²) in [7, 11) is 1.48. The van der Waals surface area contributed by atoms with Crippen LogP contribution in [0, 0.1) is 6.92 Å². The third-order valence-electron chi connectivity index (χ3n) is 2.81. The van der Waals surface area contributed by atoms with Crippen LogP contribution in [0.15, 0.2) is 29.0 Å². The van der Waals surface area contributed by atoms with E-state index in [9.17, 15) is 9.59 Å². The van der Waals surface area contributed by atoms with Crippen LogP contribution >= 0.6 is 11.3 Å². The molecule has 2 rings (SSSR count). The molecule has 1 amide bonds. The van der Waals surface area contributed by atoms with Gasteiger partial charge in [0.15, 0.2) is 0 Å². The first-order valence-electron chi connectivity index (χ1n) is 5.78. The van der Waals surface area contributed by atoms with Gasteiger partial charge in [-0.1, -0.05) is 0 Å². The number of carboxylic acids is 1. The monoisotopic (exact) mass is 291 g/mol. The van der Waals surface area contributed by atoms with Gasteiger partial charge >= 0.3 is 5.97 Å². The van der Waals surface area contributed by atoms with E-state index >= 15 is 0 Å². The Balaban J connectivity index is 2.34. The van der Waals surface area contributed by atoms with Gasteiger partial charge in [0, 0.05) is 11.4 Å². The number of aromatic carboxylic acids is 1. The topological polar surface area (TPSA) is 75.6 Å². The number of hydrogen-bond donors (Lipinski definition) is 2. The highest BCUT2D eigenvalue weighted by Gasteiger charge is 2.16. The van der Waals surface area contributed by atoms with Gasteiger partial charge in [0.1, 0.15) is 5.75 Å². The Kier molecular flexibility index (Phi) is 4.05. The van der Waals surface area contributed by atoms with Gasteiger partial charge in [-0.25, -0.2) is 4.79 Å². The molecule has 0 saturated carbocycles. The second kappa shape index (κ2) is 5.75. The molecule has 0 aliphatic carbocycles. The first-order valence-corrected chi connectivity index (χ1v) is 6.72. The number of carboxylic acid groups (broad SMARTS) is 1. The lowest BCUT2D eigenvalue weighted by atomic mass is 10.1. The Morgan fingerprint density at radius 1 is 1.25 bits per heavy atom. The molecule has 0 fully saturated rings. The van der Waals surface area contributed by atoms with E-state index in [1.807, 2.05) is 12.3 Å². The maximum atomic E-state index is 12.1. The Labute approximate surface area is 119 Å². The van der Waals surface area contributed by atoms with Crippen LogP contribution in [0.3, 0.4) is 0 Å². The van der Waals surface area contributed by atoms with Crippen LogP contribution < -0.4 is 10.1 Å². The molecule has 20 heavy (non-hydrogen) atoms. The second-order valence-corrected chi connectivity index (χ2v) is 4.88. The third kappa shape index (κ3) is 2.80. The van der Waals surface area contributed by atoms with Crippen LogP contribution in [0.5, 0.6) is 5.75 Å². The van der Waals surface area contributed by atoms with Crippen molar-refractivity contribution in [1.29, 1.82) is 0 Å². The van der Waals surface area contributed by atoms with Crippen molar-refractivity contribution in [2.45, 2.75) is 6.92 Å². The number of ether oxygens (including phenoxy) is 1. The van der Waals surface area contributed by atoms with E-state index in [1.165, 1.54) is 36.6 Å². The molecule has 6 heteroatoms. The largest absolute Gasteiger partial charge is 0.497 e. The van der Waals surface area contributed by atoms with Gasteiger partial charge in [-0.15, -0.1) is 0 Å². The average molecular weight is 291 g/mol. The number of hydrogen-bond acceptors (Lipinski definition) is 4.